The minimum absolute atomic E-state index is 0.114. The van der Waals surface area contributed by atoms with Crippen molar-refractivity contribution in [1.29, 1.82) is 0 Å². The molecule has 0 aliphatic carbocycles. The number of hydrogen-bond acceptors (Lipinski definition) is 1. The van der Waals surface area contributed by atoms with Gasteiger partial charge in [-0.15, -0.1) is 0 Å². The van der Waals surface area contributed by atoms with Gasteiger partial charge in [0, 0.05) is 5.69 Å². The molecular formula is C10H10NO. The highest BCUT2D eigenvalue weighted by Gasteiger charge is 1.93. The van der Waals surface area contributed by atoms with Crippen molar-refractivity contribution in [3.05, 3.63) is 42.5 Å². The van der Waals surface area contributed by atoms with Crippen LogP contribution < -0.4 is 5.32 Å². The number of benzene rings is 1. The zero-order valence-corrected chi connectivity index (χ0v) is 6.87. The van der Waals surface area contributed by atoms with E-state index in [9.17, 15) is 4.79 Å². The third-order valence-corrected chi connectivity index (χ3v) is 1.29. The van der Waals surface area contributed by atoms with E-state index in [1.807, 2.05) is 12.1 Å². The van der Waals surface area contributed by atoms with Crippen LogP contribution in [0.15, 0.2) is 36.4 Å². The molecule has 0 bridgehead atoms. The first-order valence-corrected chi connectivity index (χ1v) is 3.72. The monoisotopic (exact) mass is 160 g/mol. The van der Waals surface area contributed by atoms with Crippen molar-refractivity contribution >= 4 is 11.6 Å². The van der Waals surface area contributed by atoms with Crippen molar-refractivity contribution < 1.29 is 4.79 Å². The lowest BCUT2D eigenvalue weighted by molar-refractivity contribution is -0.111. The van der Waals surface area contributed by atoms with Crippen LogP contribution in [0, 0.1) is 6.07 Å². The summed E-state index contributed by atoms with van der Waals surface area (Å²) >= 11 is 0. The number of hydrogen-bond donors (Lipinski definition) is 1. The van der Waals surface area contributed by atoms with Gasteiger partial charge in [-0.3, -0.25) is 4.79 Å². The molecule has 0 heterocycles. The van der Waals surface area contributed by atoms with Gasteiger partial charge in [-0.05, 0) is 31.2 Å². The average molecular weight is 160 g/mol. The molecule has 0 saturated carbocycles. The minimum Gasteiger partial charge on any atom is -0.323 e. The Balaban J connectivity index is 2.59. The van der Waals surface area contributed by atoms with Gasteiger partial charge in [-0.25, -0.2) is 0 Å². The van der Waals surface area contributed by atoms with Gasteiger partial charge in [-0.1, -0.05) is 18.2 Å². The van der Waals surface area contributed by atoms with E-state index in [0.29, 0.717) is 0 Å². The summed E-state index contributed by atoms with van der Waals surface area (Å²) in [5.74, 6) is -0.114. The van der Waals surface area contributed by atoms with Crippen molar-refractivity contribution in [3.8, 4) is 0 Å². The van der Waals surface area contributed by atoms with E-state index in [2.05, 4.69) is 11.4 Å². The molecule has 1 aromatic rings. The molecule has 1 rings (SSSR count). The van der Waals surface area contributed by atoms with Crippen LogP contribution in [0.2, 0.25) is 0 Å². The van der Waals surface area contributed by atoms with E-state index < -0.39 is 0 Å². The summed E-state index contributed by atoms with van der Waals surface area (Å²) in [7, 11) is 0. The van der Waals surface area contributed by atoms with Gasteiger partial charge in [0.2, 0.25) is 5.91 Å². The second kappa shape index (κ2) is 4.34. The lowest BCUT2D eigenvalue weighted by Gasteiger charge is -1.99. The summed E-state index contributed by atoms with van der Waals surface area (Å²) in [6.07, 6.45) is 3.18. The largest absolute Gasteiger partial charge is 0.323 e. The molecule has 2 heteroatoms. The number of allylic oxidation sites excluding steroid dienone is 1. The van der Waals surface area contributed by atoms with Crippen molar-refractivity contribution in [2.75, 3.05) is 5.32 Å². The van der Waals surface area contributed by atoms with Gasteiger partial charge in [0.15, 0.2) is 0 Å². The Labute approximate surface area is 71.9 Å². The molecule has 61 valence electrons. The van der Waals surface area contributed by atoms with Gasteiger partial charge in [0.05, 0.1) is 0 Å². The summed E-state index contributed by atoms with van der Waals surface area (Å²) < 4.78 is 0. The summed E-state index contributed by atoms with van der Waals surface area (Å²) in [6.45, 7) is 1.80. The summed E-state index contributed by atoms with van der Waals surface area (Å²) in [5.41, 5.74) is 0.764. The Hall–Kier alpha value is -1.57. The molecule has 0 aliphatic heterocycles. The quantitative estimate of drug-likeness (QED) is 0.659. The Bertz CT molecular complexity index is 277. The molecule has 2 nitrogen and oxygen atoms in total. The molecule has 1 aromatic carbocycles. The topological polar surface area (TPSA) is 29.1 Å². The lowest BCUT2D eigenvalue weighted by atomic mass is 10.3. The minimum atomic E-state index is -0.114. The number of carbonyl (C=O) groups is 1. The first-order chi connectivity index (χ1) is 5.83. The standard InChI is InChI=1S/C10H10NO/c1-2-6-10(12)11-9-7-4-3-5-8-9/h2-4,6-8H,1H3,(H,11,12). The fourth-order valence-corrected chi connectivity index (χ4v) is 0.806. The van der Waals surface area contributed by atoms with Gasteiger partial charge in [0.25, 0.3) is 0 Å². The molecule has 0 spiro atoms. The van der Waals surface area contributed by atoms with E-state index >= 15 is 0 Å². The van der Waals surface area contributed by atoms with Gasteiger partial charge < -0.3 is 5.32 Å². The fourth-order valence-electron chi connectivity index (χ4n) is 0.806. The smallest absolute Gasteiger partial charge is 0.248 e. The third kappa shape index (κ3) is 2.58. The molecule has 12 heavy (non-hydrogen) atoms. The zero-order valence-electron chi connectivity index (χ0n) is 6.87. The number of amides is 1. The number of nitrogens with one attached hydrogen (secondary N) is 1. The maximum atomic E-state index is 11.0. The Morgan fingerprint density at radius 1 is 1.67 bits per heavy atom. The Morgan fingerprint density at radius 2 is 2.50 bits per heavy atom. The average Bonchev–Trinajstić information content (AvgIpc) is 2.06. The normalized spacial score (nSPS) is 10.1. The molecule has 0 fully saturated rings. The van der Waals surface area contributed by atoms with Crippen LogP contribution in [0.25, 0.3) is 0 Å². The van der Waals surface area contributed by atoms with E-state index in [-0.39, 0.29) is 5.91 Å². The molecular weight excluding hydrogens is 150 g/mol. The predicted octanol–water partition coefficient (Wildman–Crippen LogP) is 2.00. The molecule has 0 saturated heterocycles. The zero-order chi connectivity index (χ0) is 8.81. The summed E-state index contributed by atoms with van der Waals surface area (Å²) in [4.78, 5) is 11.0. The molecule has 0 atom stereocenters. The molecule has 1 radical (unpaired) electrons. The van der Waals surface area contributed by atoms with Crippen LogP contribution in [0.5, 0.6) is 0 Å². The van der Waals surface area contributed by atoms with Crippen molar-refractivity contribution in [1.82, 2.24) is 0 Å². The van der Waals surface area contributed by atoms with E-state index in [1.54, 1.807) is 25.1 Å². The van der Waals surface area contributed by atoms with Crippen LogP contribution in [-0.4, -0.2) is 5.91 Å². The van der Waals surface area contributed by atoms with E-state index in [4.69, 9.17) is 0 Å². The van der Waals surface area contributed by atoms with Crippen LogP contribution in [0.1, 0.15) is 6.92 Å². The second-order valence-corrected chi connectivity index (χ2v) is 2.28. The SMILES string of the molecule is CC=CC(=O)Nc1c[c]ccc1. The van der Waals surface area contributed by atoms with Crippen molar-refractivity contribution in [3.63, 3.8) is 0 Å². The molecule has 0 unspecified atom stereocenters. The molecule has 1 amide bonds. The van der Waals surface area contributed by atoms with Crippen LogP contribution in [0.3, 0.4) is 0 Å². The maximum absolute atomic E-state index is 11.0. The first kappa shape index (κ1) is 8.53. The van der Waals surface area contributed by atoms with Crippen molar-refractivity contribution in [2.45, 2.75) is 6.92 Å². The van der Waals surface area contributed by atoms with E-state index in [1.165, 1.54) is 6.08 Å². The van der Waals surface area contributed by atoms with Crippen molar-refractivity contribution in [2.24, 2.45) is 0 Å². The van der Waals surface area contributed by atoms with Crippen LogP contribution >= 0.6 is 0 Å². The van der Waals surface area contributed by atoms with Gasteiger partial charge >= 0.3 is 0 Å². The van der Waals surface area contributed by atoms with E-state index in [0.717, 1.165) is 5.69 Å². The van der Waals surface area contributed by atoms with Crippen LogP contribution in [0.4, 0.5) is 5.69 Å². The molecule has 1 N–H and O–H groups in total. The summed E-state index contributed by atoms with van der Waals surface area (Å²) in [5, 5.41) is 2.69. The summed E-state index contributed by atoms with van der Waals surface area (Å²) in [6, 6.07) is 10.0. The number of anilines is 1. The highest BCUT2D eigenvalue weighted by Crippen LogP contribution is 2.03. The number of rotatable bonds is 2. The molecule has 0 aliphatic rings. The maximum Gasteiger partial charge on any atom is 0.248 e. The highest BCUT2D eigenvalue weighted by molar-refractivity contribution is 5.99. The Morgan fingerprint density at radius 3 is 3.08 bits per heavy atom. The molecule has 0 aromatic heterocycles. The second-order valence-electron chi connectivity index (χ2n) is 2.28. The number of carbonyl (C=O) groups excluding carboxylic acids is 1. The predicted molar refractivity (Wildman–Crippen MR) is 48.7 cm³/mol. The van der Waals surface area contributed by atoms with Crippen LogP contribution in [-0.2, 0) is 4.79 Å². The fraction of sp³-hybridized carbons (Fsp3) is 0.100. The van der Waals surface area contributed by atoms with Gasteiger partial charge in [-0.2, -0.15) is 0 Å². The first-order valence-electron chi connectivity index (χ1n) is 3.72. The Kier molecular flexibility index (Phi) is 3.08. The lowest BCUT2D eigenvalue weighted by Crippen LogP contribution is -2.07. The highest BCUT2D eigenvalue weighted by atomic mass is 16.1. The van der Waals surface area contributed by atoms with Gasteiger partial charge in [0.1, 0.15) is 0 Å². The third-order valence-electron chi connectivity index (χ3n) is 1.29.